The number of hydrogen-bond donors (Lipinski definition) is 1. The molecule has 4 nitrogen and oxygen atoms in total. The zero-order chi connectivity index (χ0) is 14.9. The normalized spacial score (nSPS) is 10.8. The molecule has 0 fully saturated rings. The molecule has 1 heterocycles. The lowest BCUT2D eigenvalue weighted by Gasteiger charge is -2.04. The maximum absolute atomic E-state index is 5.71. The summed E-state index contributed by atoms with van der Waals surface area (Å²) in [6.07, 6.45) is 3.38. The first-order chi connectivity index (χ1) is 10.3. The number of ether oxygens (including phenoxy) is 1. The SMILES string of the molecule is CCCNCc1cc(COc2ccc(CCC)cc2)on1. The molecule has 0 spiro atoms. The van der Waals surface area contributed by atoms with E-state index >= 15 is 0 Å². The Morgan fingerprint density at radius 1 is 1.14 bits per heavy atom. The molecule has 0 aliphatic heterocycles. The second kappa shape index (κ2) is 8.47. The van der Waals surface area contributed by atoms with E-state index in [-0.39, 0.29) is 0 Å². The highest BCUT2D eigenvalue weighted by Gasteiger charge is 2.05. The smallest absolute Gasteiger partial charge is 0.174 e. The van der Waals surface area contributed by atoms with Crippen LogP contribution in [0, 0.1) is 0 Å². The zero-order valence-corrected chi connectivity index (χ0v) is 12.9. The highest BCUT2D eigenvalue weighted by atomic mass is 16.5. The fourth-order valence-electron chi connectivity index (χ4n) is 2.10. The Kier molecular flexibility index (Phi) is 6.28. The van der Waals surface area contributed by atoms with Crippen LogP contribution < -0.4 is 10.1 Å². The first-order valence-corrected chi connectivity index (χ1v) is 7.68. The third kappa shape index (κ3) is 5.23. The van der Waals surface area contributed by atoms with E-state index < -0.39 is 0 Å². The fourth-order valence-corrected chi connectivity index (χ4v) is 2.10. The van der Waals surface area contributed by atoms with Crippen molar-refractivity contribution in [3.05, 3.63) is 47.3 Å². The summed E-state index contributed by atoms with van der Waals surface area (Å²) in [6, 6.07) is 10.2. The standard InChI is InChI=1S/C17H24N2O2/c1-3-5-14-6-8-16(9-7-14)20-13-17-11-15(19-21-17)12-18-10-4-2/h6-9,11,18H,3-5,10,12-13H2,1-2H3. The second-order valence-electron chi connectivity index (χ2n) is 5.14. The van der Waals surface area contributed by atoms with E-state index in [9.17, 15) is 0 Å². The molecule has 114 valence electrons. The van der Waals surface area contributed by atoms with Crippen molar-refractivity contribution in [2.75, 3.05) is 6.54 Å². The summed E-state index contributed by atoms with van der Waals surface area (Å²) in [6.45, 7) is 6.46. The molecule has 2 rings (SSSR count). The van der Waals surface area contributed by atoms with Gasteiger partial charge in [0.1, 0.15) is 12.4 Å². The predicted molar refractivity (Wildman–Crippen MR) is 83.3 cm³/mol. The summed E-state index contributed by atoms with van der Waals surface area (Å²) >= 11 is 0. The van der Waals surface area contributed by atoms with Crippen LogP contribution in [0.25, 0.3) is 0 Å². The van der Waals surface area contributed by atoms with Crippen molar-refractivity contribution in [2.24, 2.45) is 0 Å². The van der Waals surface area contributed by atoms with Gasteiger partial charge in [0.2, 0.25) is 0 Å². The van der Waals surface area contributed by atoms with Gasteiger partial charge in [0.25, 0.3) is 0 Å². The summed E-state index contributed by atoms with van der Waals surface area (Å²) in [7, 11) is 0. The first-order valence-electron chi connectivity index (χ1n) is 7.68. The number of aromatic nitrogens is 1. The summed E-state index contributed by atoms with van der Waals surface area (Å²) in [5.74, 6) is 1.61. The van der Waals surface area contributed by atoms with E-state index in [4.69, 9.17) is 9.26 Å². The molecular weight excluding hydrogens is 264 g/mol. The van der Waals surface area contributed by atoms with Crippen LogP contribution in [-0.2, 0) is 19.6 Å². The molecule has 0 unspecified atom stereocenters. The highest BCUT2D eigenvalue weighted by molar-refractivity contribution is 5.27. The van der Waals surface area contributed by atoms with Crippen LogP contribution in [0.5, 0.6) is 5.75 Å². The van der Waals surface area contributed by atoms with Crippen molar-refractivity contribution >= 4 is 0 Å². The van der Waals surface area contributed by atoms with Gasteiger partial charge in [-0.3, -0.25) is 0 Å². The predicted octanol–water partition coefficient (Wildman–Crippen LogP) is 3.71. The van der Waals surface area contributed by atoms with Gasteiger partial charge in [-0.15, -0.1) is 0 Å². The third-order valence-electron chi connectivity index (χ3n) is 3.18. The lowest BCUT2D eigenvalue weighted by atomic mass is 10.1. The minimum atomic E-state index is 0.411. The van der Waals surface area contributed by atoms with Gasteiger partial charge in [-0.25, -0.2) is 0 Å². The quantitative estimate of drug-likeness (QED) is 0.715. The van der Waals surface area contributed by atoms with Crippen LogP contribution >= 0.6 is 0 Å². The van der Waals surface area contributed by atoms with Gasteiger partial charge < -0.3 is 14.6 Å². The minimum absolute atomic E-state index is 0.411. The summed E-state index contributed by atoms with van der Waals surface area (Å²) < 4.78 is 11.0. The monoisotopic (exact) mass is 288 g/mol. The van der Waals surface area contributed by atoms with Gasteiger partial charge in [-0.05, 0) is 37.1 Å². The molecule has 0 saturated carbocycles. The first kappa shape index (κ1) is 15.6. The molecule has 1 aromatic heterocycles. The van der Waals surface area contributed by atoms with E-state index in [0.29, 0.717) is 6.61 Å². The van der Waals surface area contributed by atoms with Crippen LogP contribution in [0.3, 0.4) is 0 Å². The van der Waals surface area contributed by atoms with Gasteiger partial charge in [0.15, 0.2) is 5.76 Å². The van der Waals surface area contributed by atoms with Crippen LogP contribution in [0.2, 0.25) is 0 Å². The van der Waals surface area contributed by atoms with Crippen LogP contribution in [-0.4, -0.2) is 11.7 Å². The molecule has 1 aromatic carbocycles. The second-order valence-corrected chi connectivity index (χ2v) is 5.14. The maximum atomic E-state index is 5.71. The van der Waals surface area contributed by atoms with Crippen molar-refractivity contribution in [2.45, 2.75) is 46.3 Å². The number of aryl methyl sites for hydroxylation is 1. The molecule has 0 aliphatic carbocycles. The molecular formula is C17H24N2O2. The Bertz CT molecular complexity index is 520. The Balaban J connectivity index is 1.79. The zero-order valence-electron chi connectivity index (χ0n) is 12.9. The van der Waals surface area contributed by atoms with E-state index in [1.54, 1.807) is 0 Å². The maximum Gasteiger partial charge on any atom is 0.174 e. The molecule has 0 atom stereocenters. The largest absolute Gasteiger partial charge is 0.486 e. The number of benzene rings is 1. The molecule has 2 aromatic rings. The van der Waals surface area contributed by atoms with E-state index in [0.717, 1.165) is 49.6 Å². The van der Waals surface area contributed by atoms with E-state index in [1.807, 2.05) is 18.2 Å². The third-order valence-corrected chi connectivity index (χ3v) is 3.18. The van der Waals surface area contributed by atoms with Crippen molar-refractivity contribution in [3.63, 3.8) is 0 Å². The summed E-state index contributed by atoms with van der Waals surface area (Å²) in [4.78, 5) is 0. The van der Waals surface area contributed by atoms with Crippen LogP contribution in [0.15, 0.2) is 34.9 Å². The fraction of sp³-hybridized carbons (Fsp3) is 0.471. The lowest BCUT2D eigenvalue weighted by molar-refractivity contribution is 0.248. The van der Waals surface area contributed by atoms with E-state index in [2.05, 4.69) is 36.5 Å². The average molecular weight is 288 g/mol. The van der Waals surface area contributed by atoms with Gasteiger partial charge in [-0.1, -0.05) is 37.6 Å². The van der Waals surface area contributed by atoms with Gasteiger partial charge >= 0.3 is 0 Å². The molecule has 0 aliphatic rings. The van der Waals surface area contributed by atoms with Gasteiger partial charge in [0.05, 0.1) is 5.69 Å². The van der Waals surface area contributed by atoms with Crippen LogP contribution in [0.4, 0.5) is 0 Å². The average Bonchev–Trinajstić information content (AvgIpc) is 2.95. The number of rotatable bonds is 9. The Labute approximate surface area is 126 Å². The molecule has 0 amide bonds. The van der Waals surface area contributed by atoms with Crippen molar-refractivity contribution in [1.29, 1.82) is 0 Å². The summed E-state index contributed by atoms with van der Waals surface area (Å²) in [5, 5.41) is 7.31. The number of hydrogen-bond acceptors (Lipinski definition) is 4. The number of nitrogens with one attached hydrogen (secondary N) is 1. The topological polar surface area (TPSA) is 47.3 Å². The minimum Gasteiger partial charge on any atom is -0.486 e. The molecule has 0 bridgehead atoms. The highest BCUT2D eigenvalue weighted by Crippen LogP contribution is 2.15. The molecule has 21 heavy (non-hydrogen) atoms. The number of nitrogens with zero attached hydrogens (tertiary/aromatic N) is 1. The van der Waals surface area contributed by atoms with Crippen molar-refractivity contribution in [1.82, 2.24) is 10.5 Å². The molecule has 4 heteroatoms. The molecule has 0 radical (unpaired) electrons. The lowest BCUT2D eigenvalue weighted by Crippen LogP contribution is -2.13. The molecule has 1 N–H and O–H groups in total. The van der Waals surface area contributed by atoms with Crippen LogP contribution in [0.1, 0.15) is 43.7 Å². The van der Waals surface area contributed by atoms with Crippen molar-refractivity contribution in [3.8, 4) is 5.75 Å². The molecule has 0 saturated heterocycles. The Hall–Kier alpha value is -1.81. The Morgan fingerprint density at radius 3 is 2.67 bits per heavy atom. The summed E-state index contributed by atoms with van der Waals surface area (Å²) in [5.41, 5.74) is 2.26. The van der Waals surface area contributed by atoms with Gasteiger partial charge in [-0.2, -0.15) is 0 Å². The van der Waals surface area contributed by atoms with Crippen molar-refractivity contribution < 1.29 is 9.26 Å². The Morgan fingerprint density at radius 2 is 1.95 bits per heavy atom. The van der Waals surface area contributed by atoms with E-state index in [1.165, 1.54) is 5.56 Å². The van der Waals surface area contributed by atoms with Gasteiger partial charge in [0, 0.05) is 12.6 Å².